The molecule has 0 bridgehead atoms. The van der Waals surface area contributed by atoms with Crippen molar-refractivity contribution in [3.05, 3.63) is 70.3 Å². The number of fused-ring (bicyclic) bond motifs is 1. The topological polar surface area (TPSA) is 52.5 Å². The van der Waals surface area contributed by atoms with E-state index >= 15 is 0 Å². The summed E-state index contributed by atoms with van der Waals surface area (Å²) in [7, 11) is 3.33. The number of rotatable bonds is 10. The van der Waals surface area contributed by atoms with E-state index < -0.39 is 0 Å². The number of ether oxygens (including phenoxy) is 2. The Morgan fingerprint density at radius 2 is 1.83 bits per heavy atom. The van der Waals surface area contributed by atoms with Gasteiger partial charge in [0.1, 0.15) is 23.9 Å². The van der Waals surface area contributed by atoms with Gasteiger partial charge in [-0.1, -0.05) is 12.1 Å². The molecule has 3 aromatic rings. The van der Waals surface area contributed by atoms with Gasteiger partial charge in [-0.3, -0.25) is 4.79 Å². The van der Waals surface area contributed by atoms with Gasteiger partial charge in [0.2, 0.25) is 0 Å². The molecular weight excluding hydrogens is 371 g/mol. The molecule has 0 fully saturated rings. The summed E-state index contributed by atoms with van der Waals surface area (Å²) in [6.07, 6.45) is 3.19. The summed E-state index contributed by atoms with van der Waals surface area (Å²) in [4.78, 5) is 11.9. The van der Waals surface area contributed by atoms with Gasteiger partial charge in [-0.25, -0.2) is 4.39 Å². The lowest BCUT2D eigenvalue weighted by Crippen LogP contribution is -2.23. The highest BCUT2D eigenvalue weighted by Crippen LogP contribution is 2.25. The summed E-state index contributed by atoms with van der Waals surface area (Å²) >= 11 is 0. The van der Waals surface area contributed by atoms with Gasteiger partial charge < -0.3 is 19.4 Å². The van der Waals surface area contributed by atoms with E-state index in [0.29, 0.717) is 29.8 Å². The molecule has 0 amide bonds. The summed E-state index contributed by atoms with van der Waals surface area (Å²) < 4.78 is 26.2. The summed E-state index contributed by atoms with van der Waals surface area (Å²) in [5, 5.41) is 3.99. The number of benzene rings is 2. The Balaban J connectivity index is 1.40. The first-order valence-corrected chi connectivity index (χ1v) is 9.84. The Hall–Kier alpha value is -2.86. The number of hydrogen-bond donors (Lipinski definition) is 1. The van der Waals surface area contributed by atoms with Crippen molar-refractivity contribution in [2.45, 2.75) is 19.3 Å². The normalized spacial score (nSPS) is 11.0. The van der Waals surface area contributed by atoms with E-state index in [0.717, 1.165) is 31.6 Å². The zero-order valence-corrected chi connectivity index (χ0v) is 16.9. The predicted octanol–water partition coefficient (Wildman–Crippen LogP) is 3.68. The molecule has 5 nitrogen and oxygen atoms in total. The molecule has 0 atom stereocenters. The van der Waals surface area contributed by atoms with Crippen molar-refractivity contribution in [1.29, 1.82) is 0 Å². The van der Waals surface area contributed by atoms with E-state index in [1.807, 2.05) is 12.1 Å². The summed E-state index contributed by atoms with van der Waals surface area (Å²) in [5.41, 5.74) is 1.76. The number of nitrogens with one attached hydrogen (secondary N) is 1. The number of hydrogen-bond acceptors (Lipinski definition) is 4. The van der Waals surface area contributed by atoms with Crippen molar-refractivity contribution in [3.63, 3.8) is 0 Å². The Bertz CT molecular complexity index is 999. The lowest BCUT2D eigenvalue weighted by Gasteiger charge is -2.13. The van der Waals surface area contributed by atoms with E-state index in [4.69, 9.17) is 9.47 Å². The van der Waals surface area contributed by atoms with E-state index in [1.165, 1.54) is 28.3 Å². The fraction of sp³-hybridized carbons (Fsp3) is 0.348. The summed E-state index contributed by atoms with van der Waals surface area (Å²) in [5.74, 6) is 0.890. The molecule has 29 heavy (non-hydrogen) atoms. The number of nitrogens with zero attached hydrogens (tertiary/aromatic N) is 1. The molecule has 0 aliphatic heterocycles. The van der Waals surface area contributed by atoms with E-state index in [9.17, 15) is 9.18 Å². The first-order valence-electron chi connectivity index (χ1n) is 9.84. The standard InChI is InChI=1S/C23H27FN2O3/c1-26-22(27)11-8-18-15-19(24)16-21(23(18)26)29-14-13-25-12-4-3-5-17-6-9-20(28-2)10-7-17/h6-11,15-16,25H,3-5,12-14H2,1-2H3. The molecular formula is C23H27FN2O3. The molecule has 1 N–H and O–H groups in total. The van der Waals surface area contributed by atoms with Crippen molar-refractivity contribution >= 4 is 10.9 Å². The van der Waals surface area contributed by atoms with Crippen LogP contribution in [-0.2, 0) is 13.5 Å². The monoisotopic (exact) mass is 398 g/mol. The van der Waals surface area contributed by atoms with Crippen molar-refractivity contribution in [2.24, 2.45) is 7.05 Å². The second-order valence-electron chi connectivity index (χ2n) is 6.98. The molecule has 0 spiro atoms. The third-order valence-corrected chi connectivity index (χ3v) is 4.91. The van der Waals surface area contributed by atoms with Crippen LogP contribution in [0.4, 0.5) is 4.39 Å². The molecule has 6 heteroatoms. The molecule has 154 valence electrons. The second-order valence-corrected chi connectivity index (χ2v) is 6.98. The van der Waals surface area contributed by atoms with Gasteiger partial charge >= 0.3 is 0 Å². The minimum atomic E-state index is -0.377. The third-order valence-electron chi connectivity index (χ3n) is 4.91. The molecule has 1 aromatic heterocycles. The van der Waals surface area contributed by atoms with E-state index in [-0.39, 0.29) is 11.4 Å². The second kappa shape index (κ2) is 10.1. The lowest BCUT2D eigenvalue weighted by molar-refractivity contribution is 0.314. The minimum absolute atomic E-state index is 0.149. The van der Waals surface area contributed by atoms with Gasteiger partial charge in [-0.2, -0.15) is 0 Å². The van der Waals surface area contributed by atoms with Crippen LogP contribution in [0.5, 0.6) is 11.5 Å². The number of aryl methyl sites for hydroxylation is 2. The van der Waals surface area contributed by atoms with Crippen LogP contribution < -0.4 is 20.3 Å². The molecule has 3 rings (SSSR count). The summed E-state index contributed by atoms with van der Waals surface area (Å²) in [6, 6.07) is 13.9. The highest BCUT2D eigenvalue weighted by Gasteiger charge is 2.09. The first kappa shape index (κ1) is 20.9. The average Bonchev–Trinajstić information content (AvgIpc) is 2.72. The number of unbranched alkanes of at least 4 members (excludes halogenated alkanes) is 1. The molecule has 0 aliphatic carbocycles. The Morgan fingerprint density at radius 3 is 2.59 bits per heavy atom. The molecule has 0 unspecified atom stereocenters. The highest BCUT2D eigenvalue weighted by atomic mass is 19.1. The molecule has 0 aliphatic rings. The third kappa shape index (κ3) is 5.57. The van der Waals surface area contributed by atoms with E-state index in [2.05, 4.69) is 17.4 Å². The fourth-order valence-corrected chi connectivity index (χ4v) is 3.30. The fourth-order valence-electron chi connectivity index (χ4n) is 3.30. The Kier molecular flexibility index (Phi) is 7.25. The van der Waals surface area contributed by atoms with Crippen LogP contribution >= 0.6 is 0 Å². The van der Waals surface area contributed by atoms with Gasteiger partial charge in [-0.05, 0) is 55.6 Å². The van der Waals surface area contributed by atoms with Crippen LogP contribution in [0.25, 0.3) is 10.9 Å². The molecule has 2 aromatic carbocycles. The first-order chi connectivity index (χ1) is 14.1. The predicted molar refractivity (Wildman–Crippen MR) is 113 cm³/mol. The molecule has 1 heterocycles. The maximum atomic E-state index is 13.8. The maximum Gasteiger partial charge on any atom is 0.250 e. The lowest BCUT2D eigenvalue weighted by atomic mass is 10.1. The van der Waals surface area contributed by atoms with Crippen molar-refractivity contribution in [3.8, 4) is 11.5 Å². The smallest absolute Gasteiger partial charge is 0.250 e. The van der Waals surface area contributed by atoms with Crippen LogP contribution in [-0.4, -0.2) is 31.4 Å². The van der Waals surface area contributed by atoms with Crippen molar-refractivity contribution in [1.82, 2.24) is 9.88 Å². The van der Waals surface area contributed by atoms with Gasteiger partial charge in [0.05, 0.1) is 12.6 Å². The van der Waals surface area contributed by atoms with Crippen LogP contribution in [0.1, 0.15) is 18.4 Å². The molecule has 0 radical (unpaired) electrons. The number of aromatic nitrogens is 1. The summed E-state index contributed by atoms with van der Waals surface area (Å²) in [6.45, 7) is 1.95. The maximum absolute atomic E-state index is 13.8. The SMILES string of the molecule is COc1ccc(CCCCNCCOc2cc(F)cc3ccc(=O)n(C)c23)cc1. The van der Waals surface area contributed by atoms with Crippen molar-refractivity contribution in [2.75, 3.05) is 26.8 Å². The van der Waals surface area contributed by atoms with Gasteiger partial charge in [0, 0.05) is 31.1 Å². The van der Waals surface area contributed by atoms with Crippen LogP contribution in [0, 0.1) is 5.82 Å². The molecule has 0 saturated heterocycles. The van der Waals surface area contributed by atoms with Gasteiger partial charge in [-0.15, -0.1) is 0 Å². The Labute approximate surface area is 170 Å². The van der Waals surface area contributed by atoms with Crippen molar-refractivity contribution < 1.29 is 13.9 Å². The zero-order chi connectivity index (χ0) is 20.6. The van der Waals surface area contributed by atoms with Gasteiger partial charge in [0.25, 0.3) is 5.56 Å². The molecule has 0 saturated carbocycles. The average molecular weight is 398 g/mol. The largest absolute Gasteiger partial charge is 0.497 e. The number of methoxy groups -OCH3 is 1. The number of halogens is 1. The zero-order valence-electron chi connectivity index (χ0n) is 16.9. The quantitative estimate of drug-likeness (QED) is 0.530. The van der Waals surface area contributed by atoms with E-state index in [1.54, 1.807) is 20.2 Å². The van der Waals surface area contributed by atoms with Crippen LogP contribution in [0.3, 0.4) is 0 Å². The van der Waals surface area contributed by atoms with Gasteiger partial charge in [0.15, 0.2) is 0 Å². The highest BCUT2D eigenvalue weighted by molar-refractivity contribution is 5.85. The number of pyridine rings is 1. The van der Waals surface area contributed by atoms with Crippen LogP contribution in [0.15, 0.2) is 53.3 Å². The Morgan fingerprint density at radius 1 is 1.03 bits per heavy atom. The van der Waals surface area contributed by atoms with Crippen LogP contribution in [0.2, 0.25) is 0 Å². The minimum Gasteiger partial charge on any atom is -0.497 e.